The maximum absolute atomic E-state index is 13.1. The second-order valence-electron chi connectivity index (χ2n) is 10.8. The van der Waals surface area contributed by atoms with Gasteiger partial charge in [0.05, 0.1) is 12.1 Å². The fourth-order valence-electron chi connectivity index (χ4n) is 4.46. The van der Waals surface area contributed by atoms with Gasteiger partial charge >= 0.3 is 5.97 Å². The summed E-state index contributed by atoms with van der Waals surface area (Å²) in [4.78, 5) is 33.5. The maximum atomic E-state index is 13.1. The summed E-state index contributed by atoms with van der Waals surface area (Å²) < 4.78 is 1.88. The molecule has 0 fully saturated rings. The molecule has 0 saturated heterocycles. The minimum atomic E-state index is -0.892. The molecule has 0 bridgehead atoms. The first-order valence-corrected chi connectivity index (χ1v) is 13.0. The van der Waals surface area contributed by atoms with Crippen molar-refractivity contribution in [3.63, 3.8) is 0 Å². The topological polar surface area (TPSA) is 109 Å². The lowest BCUT2D eigenvalue weighted by Gasteiger charge is -2.19. The van der Waals surface area contributed by atoms with E-state index in [1.807, 2.05) is 72.2 Å². The molecule has 0 aliphatic heterocycles. The second-order valence-corrected chi connectivity index (χ2v) is 10.8. The fraction of sp³-hybridized carbons (Fsp3) is 0.188. The maximum Gasteiger partial charge on any atom is 0.307 e. The van der Waals surface area contributed by atoms with Gasteiger partial charge in [-0.25, -0.2) is 9.97 Å². The molecule has 2 aromatic heterocycles. The number of carboxylic acid groups (broad SMARTS) is 1. The molecule has 40 heavy (non-hydrogen) atoms. The molecule has 0 saturated carbocycles. The zero-order chi connectivity index (χ0) is 28.4. The Bertz CT molecular complexity index is 1720. The third-order valence-corrected chi connectivity index (χ3v) is 6.71. The molecular formula is C32H31N5O3. The number of imidazole rings is 1. The van der Waals surface area contributed by atoms with E-state index in [-0.39, 0.29) is 17.7 Å². The number of anilines is 3. The zero-order valence-corrected chi connectivity index (χ0v) is 22.9. The molecule has 3 aromatic carbocycles. The normalized spacial score (nSPS) is 11.4. The molecule has 1 amide bonds. The number of aromatic nitrogens is 3. The number of nitrogens with one attached hydrogen (secondary N) is 2. The summed E-state index contributed by atoms with van der Waals surface area (Å²) in [6.45, 7) is 8.38. The van der Waals surface area contributed by atoms with Gasteiger partial charge < -0.3 is 20.1 Å². The molecule has 5 rings (SSSR count). The van der Waals surface area contributed by atoms with Crippen LogP contribution in [0.4, 0.5) is 17.2 Å². The number of carbonyl (C=O) groups excluding carboxylic acids is 1. The Balaban J connectivity index is 1.44. The van der Waals surface area contributed by atoms with Gasteiger partial charge in [0.25, 0.3) is 5.91 Å². The quantitative estimate of drug-likeness (QED) is 0.217. The molecule has 8 nitrogen and oxygen atoms in total. The number of aliphatic carboxylic acids is 1. The summed E-state index contributed by atoms with van der Waals surface area (Å²) in [5.74, 6) is -0.542. The Hall–Kier alpha value is -4.98. The van der Waals surface area contributed by atoms with Gasteiger partial charge in [0.1, 0.15) is 0 Å². The standard InChI is InChI=1S/C32H31N5O3/c1-20-8-9-23(18-26(20)36-31(40)22-10-12-24(13-11-22)32(2,3)4)27-19-37-15-14-33-30(37)29(35-27)34-25-7-5-6-21(16-25)17-28(38)39/h5-16,18-19H,17H2,1-4H3,(H,34,35)(H,36,40)(H,38,39). The van der Waals surface area contributed by atoms with Crippen LogP contribution >= 0.6 is 0 Å². The number of fused-ring (bicyclic) bond motifs is 1. The lowest BCUT2D eigenvalue weighted by atomic mass is 9.86. The number of hydrogen-bond acceptors (Lipinski definition) is 5. The van der Waals surface area contributed by atoms with E-state index in [0.29, 0.717) is 39.7 Å². The van der Waals surface area contributed by atoms with E-state index in [1.165, 1.54) is 5.56 Å². The number of benzene rings is 3. The molecule has 2 heterocycles. The molecule has 0 radical (unpaired) electrons. The molecule has 0 atom stereocenters. The zero-order valence-electron chi connectivity index (χ0n) is 22.9. The van der Waals surface area contributed by atoms with Crippen LogP contribution in [0.1, 0.15) is 47.8 Å². The minimum absolute atomic E-state index is 0.0122. The van der Waals surface area contributed by atoms with Crippen molar-refractivity contribution in [2.24, 2.45) is 0 Å². The average molecular weight is 534 g/mol. The lowest BCUT2D eigenvalue weighted by Crippen LogP contribution is -2.15. The van der Waals surface area contributed by atoms with Gasteiger partial charge in [0.2, 0.25) is 0 Å². The van der Waals surface area contributed by atoms with Gasteiger partial charge in [-0.2, -0.15) is 0 Å². The number of amides is 1. The summed E-state index contributed by atoms with van der Waals surface area (Å²) in [6.07, 6.45) is 5.35. The number of carboxylic acids is 1. The highest BCUT2D eigenvalue weighted by Gasteiger charge is 2.16. The van der Waals surface area contributed by atoms with Crippen molar-refractivity contribution < 1.29 is 14.7 Å². The van der Waals surface area contributed by atoms with Crippen LogP contribution < -0.4 is 10.6 Å². The van der Waals surface area contributed by atoms with Crippen molar-refractivity contribution in [3.8, 4) is 11.3 Å². The van der Waals surface area contributed by atoms with Crippen molar-refractivity contribution in [1.82, 2.24) is 14.4 Å². The smallest absolute Gasteiger partial charge is 0.307 e. The summed E-state index contributed by atoms with van der Waals surface area (Å²) in [5.41, 5.74) is 6.93. The number of rotatable bonds is 7. The Kier molecular flexibility index (Phi) is 7.09. The molecule has 3 N–H and O–H groups in total. The molecule has 8 heteroatoms. The monoisotopic (exact) mass is 533 g/mol. The number of aryl methyl sites for hydroxylation is 1. The summed E-state index contributed by atoms with van der Waals surface area (Å²) >= 11 is 0. The second kappa shape index (κ2) is 10.6. The highest BCUT2D eigenvalue weighted by molar-refractivity contribution is 6.05. The van der Waals surface area contributed by atoms with Gasteiger partial charge in [-0.1, -0.05) is 57.2 Å². The van der Waals surface area contributed by atoms with E-state index in [2.05, 4.69) is 36.4 Å². The Morgan fingerprint density at radius 2 is 1.77 bits per heavy atom. The molecule has 202 valence electrons. The van der Waals surface area contributed by atoms with Crippen LogP contribution in [-0.4, -0.2) is 31.4 Å². The predicted octanol–water partition coefficient (Wildman–Crippen LogP) is 6.63. The van der Waals surface area contributed by atoms with Crippen molar-refractivity contribution >= 4 is 34.7 Å². The third-order valence-electron chi connectivity index (χ3n) is 6.71. The lowest BCUT2D eigenvalue weighted by molar-refractivity contribution is -0.136. The Labute approximate surface area is 232 Å². The van der Waals surface area contributed by atoms with Crippen molar-refractivity contribution in [1.29, 1.82) is 0 Å². The first-order valence-electron chi connectivity index (χ1n) is 13.0. The van der Waals surface area contributed by atoms with E-state index in [9.17, 15) is 9.59 Å². The minimum Gasteiger partial charge on any atom is -0.481 e. The van der Waals surface area contributed by atoms with E-state index in [0.717, 1.165) is 11.1 Å². The molecule has 0 aliphatic rings. The van der Waals surface area contributed by atoms with Gasteiger partial charge in [0, 0.05) is 41.1 Å². The van der Waals surface area contributed by atoms with Crippen molar-refractivity contribution in [3.05, 3.63) is 108 Å². The fourth-order valence-corrected chi connectivity index (χ4v) is 4.46. The molecule has 0 aliphatic carbocycles. The molecule has 5 aromatic rings. The van der Waals surface area contributed by atoms with Gasteiger partial charge in [-0.05, 0) is 59.4 Å². The van der Waals surface area contributed by atoms with Crippen LogP contribution in [-0.2, 0) is 16.6 Å². The summed E-state index contributed by atoms with van der Waals surface area (Å²) in [7, 11) is 0. The molecule has 0 spiro atoms. The first kappa shape index (κ1) is 26.6. The van der Waals surface area contributed by atoms with E-state index in [4.69, 9.17) is 10.1 Å². The van der Waals surface area contributed by atoms with Crippen molar-refractivity contribution in [2.45, 2.75) is 39.5 Å². The molecular weight excluding hydrogens is 502 g/mol. The largest absolute Gasteiger partial charge is 0.481 e. The van der Waals surface area contributed by atoms with Crippen LogP contribution in [0.15, 0.2) is 85.3 Å². The highest BCUT2D eigenvalue weighted by atomic mass is 16.4. The summed E-state index contributed by atoms with van der Waals surface area (Å²) in [6, 6.07) is 20.7. The van der Waals surface area contributed by atoms with E-state index in [1.54, 1.807) is 24.4 Å². The third kappa shape index (κ3) is 5.86. The van der Waals surface area contributed by atoms with Gasteiger partial charge in [-0.3, -0.25) is 9.59 Å². The highest BCUT2D eigenvalue weighted by Crippen LogP contribution is 2.29. The average Bonchev–Trinajstić information content (AvgIpc) is 3.38. The van der Waals surface area contributed by atoms with Crippen molar-refractivity contribution in [2.75, 3.05) is 10.6 Å². The number of hydrogen-bond donors (Lipinski definition) is 3. The van der Waals surface area contributed by atoms with Gasteiger partial charge in [-0.15, -0.1) is 0 Å². The van der Waals surface area contributed by atoms with E-state index < -0.39 is 5.97 Å². The Morgan fingerprint density at radius 1 is 1.00 bits per heavy atom. The first-order chi connectivity index (χ1) is 19.1. The number of carbonyl (C=O) groups is 2. The Morgan fingerprint density at radius 3 is 2.50 bits per heavy atom. The van der Waals surface area contributed by atoms with Crippen LogP contribution in [0.2, 0.25) is 0 Å². The SMILES string of the molecule is Cc1ccc(-c2cn3ccnc3c(Nc3cccc(CC(=O)O)c3)n2)cc1NC(=O)c1ccc(C(C)(C)C)cc1. The molecule has 0 unspecified atom stereocenters. The van der Waals surface area contributed by atoms with Crippen LogP contribution in [0.5, 0.6) is 0 Å². The van der Waals surface area contributed by atoms with Crippen LogP contribution in [0.25, 0.3) is 16.9 Å². The van der Waals surface area contributed by atoms with Gasteiger partial charge in [0.15, 0.2) is 11.5 Å². The number of nitrogens with zero attached hydrogens (tertiary/aromatic N) is 3. The van der Waals surface area contributed by atoms with Crippen LogP contribution in [0, 0.1) is 6.92 Å². The van der Waals surface area contributed by atoms with E-state index >= 15 is 0 Å². The predicted molar refractivity (Wildman–Crippen MR) is 157 cm³/mol. The van der Waals surface area contributed by atoms with Crippen LogP contribution in [0.3, 0.4) is 0 Å². The summed E-state index contributed by atoms with van der Waals surface area (Å²) in [5, 5.41) is 15.5.